The molecule has 0 spiro atoms. The Hall–Kier alpha value is -1.47. The predicted octanol–water partition coefficient (Wildman–Crippen LogP) is -1.04. The van der Waals surface area contributed by atoms with Crippen molar-refractivity contribution in [2.75, 3.05) is 6.61 Å². The smallest absolute Gasteiger partial charge is 0.291 e. The van der Waals surface area contributed by atoms with Crippen molar-refractivity contribution in [1.82, 2.24) is 20.5 Å². The Morgan fingerprint density at radius 3 is 3.18 bits per heavy atom. The number of nitrogens with one attached hydrogen (secondary N) is 2. The minimum atomic E-state index is -0.302. The van der Waals surface area contributed by atoms with Crippen molar-refractivity contribution in [2.45, 2.75) is 31.5 Å². The van der Waals surface area contributed by atoms with Gasteiger partial charge in [0, 0.05) is 18.6 Å². The first kappa shape index (κ1) is 10.7. The number of carbonyl (C=O) groups is 1. The Morgan fingerprint density at radius 1 is 1.65 bits per heavy atom. The quantitative estimate of drug-likeness (QED) is 0.609. The summed E-state index contributed by atoms with van der Waals surface area (Å²) in [7, 11) is 0. The van der Waals surface area contributed by atoms with E-state index in [0.717, 1.165) is 13.0 Å². The maximum Gasteiger partial charge on any atom is 0.291 e. The van der Waals surface area contributed by atoms with Crippen molar-refractivity contribution in [1.29, 1.82) is 0 Å². The highest BCUT2D eigenvalue weighted by Gasteiger charge is 2.52. The van der Waals surface area contributed by atoms with Gasteiger partial charge in [0.15, 0.2) is 0 Å². The van der Waals surface area contributed by atoms with Gasteiger partial charge in [0.05, 0.1) is 12.1 Å². The molecule has 1 aliphatic heterocycles. The second-order valence-electron chi connectivity index (χ2n) is 4.61. The zero-order chi connectivity index (χ0) is 12.0. The predicted molar refractivity (Wildman–Crippen MR) is 58.2 cm³/mol. The van der Waals surface area contributed by atoms with E-state index in [1.54, 1.807) is 6.92 Å². The largest absolute Gasteiger partial charge is 0.376 e. The number of H-pyrrole nitrogens is 1. The van der Waals surface area contributed by atoms with E-state index in [-0.39, 0.29) is 29.9 Å². The molecule has 2 heterocycles. The maximum absolute atomic E-state index is 11.8. The first-order chi connectivity index (χ1) is 8.16. The average molecular weight is 237 g/mol. The van der Waals surface area contributed by atoms with E-state index in [9.17, 15) is 4.79 Å². The first-order valence-electron chi connectivity index (χ1n) is 5.74. The summed E-state index contributed by atoms with van der Waals surface area (Å²) in [5.41, 5.74) is 6.00. The van der Waals surface area contributed by atoms with Crippen LogP contribution in [-0.4, -0.2) is 45.9 Å². The van der Waals surface area contributed by atoms with Crippen LogP contribution in [0.3, 0.4) is 0 Å². The van der Waals surface area contributed by atoms with Crippen LogP contribution in [0.25, 0.3) is 0 Å². The fraction of sp³-hybridized carbons (Fsp3) is 0.700. The average Bonchev–Trinajstić information content (AvgIpc) is 2.92. The molecule has 92 valence electrons. The van der Waals surface area contributed by atoms with Crippen LogP contribution < -0.4 is 11.1 Å². The fourth-order valence-electron chi connectivity index (χ4n) is 2.59. The number of hydrogen-bond donors (Lipinski definition) is 3. The van der Waals surface area contributed by atoms with Crippen molar-refractivity contribution in [3.05, 3.63) is 11.6 Å². The minimum Gasteiger partial charge on any atom is -0.376 e. The van der Waals surface area contributed by atoms with Gasteiger partial charge in [-0.05, 0) is 13.3 Å². The van der Waals surface area contributed by atoms with Gasteiger partial charge in [-0.15, -0.1) is 5.10 Å². The Kier molecular flexibility index (Phi) is 2.37. The third-order valence-electron chi connectivity index (χ3n) is 3.54. The molecule has 2 fully saturated rings. The summed E-state index contributed by atoms with van der Waals surface area (Å²) in [5.74, 6) is 0.845. The lowest BCUT2D eigenvalue weighted by molar-refractivity contribution is -0.0162. The van der Waals surface area contributed by atoms with E-state index in [4.69, 9.17) is 10.5 Å². The van der Waals surface area contributed by atoms with Crippen LogP contribution in [0.1, 0.15) is 22.9 Å². The molecule has 4 unspecified atom stereocenters. The second kappa shape index (κ2) is 3.78. The molecule has 1 saturated carbocycles. The lowest BCUT2D eigenvalue weighted by Crippen LogP contribution is -2.69. The van der Waals surface area contributed by atoms with Crippen LogP contribution in [0, 0.1) is 12.8 Å². The molecule has 3 rings (SSSR count). The van der Waals surface area contributed by atoms with E-state index >= 15 is 0 Å². The Balaban J connectivity index is 1.66. The zero-order valence-electron chi connectivity index (χ0n) is 9.51. The molecule has 0 aromatic carbocycles. The van der Waals surface area contributed by atoms with Crippen molar-refractivity contribution in [3.8, 4) is 0 Å². The normalized spacial score (nSPS) is 35.2. The van der Waals surface area contributed by atoms with E-state index in [1.807, 2.05) is 0 Å². The molecule has 1 aliphatic carbocycles. The van der Waals surface area contributed by atoms with Crippen LogP contribution in [-0.2, 0) is 4.74 Å². The van der Waals surface area contributed by atoms with E-state index in [2.05, 4.69) is 20.5 Å². The van der Waals surface area contributed by atoms with E-state index in [0.29, 0.717) is 11.7 Å². The van der Waals surface area contributed by atoms with Gasteiger partial charge in [-0.3, -0.25) is 9.89 Å². The number of nitrogens with zero attached hydrogens (tertiary/aromatic N) is 2. The number of ether oxygens (including phenoxy) is 1. The summed E-state index contributed by atoms with van der Waals surface area (Å²) < 4.78 is 5.53. The zero-order valence-corrected chi connectivity index (χ0v) is 9.51. The summed E-state index contributed by atoms with van der Waals surface area (Å²) in [5, 5.41) is 9.27. The van der Waals surface area contributed by atoms with Gasteiger partial charge in [-0.25, -0.2) is 4.98 Å². The van der Waals surface area contributed by atoms with Gasteiger partial charge < -0.3 is 15.8 Å². The summed E-state index contributed by atoms with van der Waals surface area (Å²) >= 11 is 0. The molecule has 2 aliphatic rings. The standard InChI is InChI=1S/C10H15N5O2/c1-4-12-9(15-14-4)10(16)13-7-6(11)5-2-3-17-8(5)7/h5-8H,2-3,11H2,1H3,(H,13,16)(H,12,14,15). The molecule has 17 heavy (non-hydrogen) atoms. The molecule has 4 N–H and O–H groups in total. The molecule has 1 aromatic heterocycles. The molecule has 7 heteroatoms. The summed E-state index contributed by atoms with van der Waals surface area (Å²) in [6, 6.07) is -0.139. The van der Waals surface area contributed by atoms with Gasteiger partial charge in [-0.1, -0.05) is 0 Å². The van der Waals surface area contributed by atoms with Crippen molar-refractivity contribution in [2.24, 2.45) is 11.7 Å². The highest BCUT2D eigenvalue weighted by molar-refractivity contribution is 5.90. The third kappa shape index (κ3) is 1.62. The second-order valence-corrected chi connectivity index (χ2v) is 4.61. The summed E-state index contributed by atoms with van der Waals surface area (Å²) in [4.78, 5) is 15.8. The molecule has 7 nitrogen and oxygen atoms in total. The van der Waals surface area contributed by atoms with Crippen molar-refractivity contribution in [3.63, 3.8) is 0 Å². The Labute approximate surface area is 98.1 Å². The van der Waals surface area contributed by atoms with Crippen LogP contribution >= 0.6 is 0 Å². The molecule has 4 atom stereocenters. The van der Waals surface area contributed by atoms with Gasteiger partial charge >= 0.3 is 0 Å². The molecule has 0 radical (unpaired) electrons. The van der Waals surface area contributed by atoms with E-state index in [1.165, 1.54) is 0 Å². The van der Waals surface area contributed by atoms with Crippen molar-refractivity contribution >= 4 is 5.91 Å². The number of aromatic nitrogens is 3. The minimum absolute atomic E-state index is 0.0218. The van der Waals surface area contributed by atoms with Gasteiger partial charge in [0.25, 0.3) is 5.91 Å². The molecular weight excluding hydrogens is 222 g/mol. The number of nitrogens with two attached hydrogens (primary N) is 1. The Morgan fingerprint density at radius 2 is 2.47 bits per heavy atom. The molecule has 0 bridgehead atoms. The number of rotatable bonds is 2. The number of aryl methyl sites for hydroxylation is 1. The van der Waals surface area contributed by atoms with Gasteiger partial charge in [-0.2, -0.15) is 0 Å². The van der Waals surface area contributed by atoms with Crippen LogP contribution in [0.2, 0.25) is 0 Å². The fourth-order valence-corrected chi connectivity index (χ4v) is 2.59. The third-order valence-corrected chi connectivity index (χ3v) is 3.54. The number of amides is 1. The SMILES string of the molecule is Cc1nc(C(=O)NC2C(N)C3CCOC32)n[nH]1. The summed E-state index contributed by atoms with van der Waals surface area (Å²) in [6.07, 6.45) is 1.05. The number of fused-ring (bicyclic) bond motifs is 1. The van der Waals surface area contributed by atoms with Crippen molar-refractivity contribution < 1.29 is 9.53 Å². The first-order valence-corrected chi connectivity index (χ1v) is 5.74. The Bertz CT molecular complexity index is 446. The monoisotopic (exact) mass is 237 g/mol. The molecule has 1 saturated heterocycles. The number of aromatic amines is 1. The number of carbonyl (C=O) groups excluding carboxylic acids is 1. The molecule has 1 aromatic rings. The van der Waals surface area contributed by atoms with Crippen LogP contribution in [0.5, 0.6) is 0 Å². The highest BCUT2D eigenvalue weighted by atomic mass is 16.5. The number of hydrogen-bond acceptors (Lipinski definition) is 5. The lowest BCUT2D eigenvalue weighted by Gasteiger charge is -2.45. The van der Waals surface area contributed by atoms with Crippen LogP contribution in [0.4, 0.5) is 0 Å². The molecular formula is C10H15N5O2. The van der Waals surface area contributed by atoms with Crippen LogP contribution in [0.15, 0.2) is 0 Å². The van der Waals surface area contributed by atoms with Gasteiger partial charge in [0.2, 0.25) is 5.82 Å². The highest BCUT2D eigenvalue weighted by Crippen LogP contribution is 2.37. The topological polar surface area (TPSA) is 106 Å². The summed E-state index contributed by atoms with van der Waals surface area (Å²) in [6.45, 7) is 2.48. The molecule has 1 amide bonds. The lowest BCUT2D eigenvalue weighted by atomic mass is 9.72. The van der Waals surface area contributed by atoms with Gasteiger partial charge in [0.1, 0.15) is 5.82 Å². The maximum atomic E-state index is 11.8. The van der Waals surface area contributed by atoms with E-state index < -0.39 is 0 Å².